The summed E-state index contributed by atoms with van der Waals surface area (Å²) < 4.78 is 2.73. The van der Waals surface area contributed by atoms with Gasteiger partial charge in [-0.25, -0.2) is 0 Å². The minimum Gasteiger partial charge on any atom is -0.369 e. The van der Waals surface area contributed by atoms with Crippen molar-refractivity contribution in [2.24, 2.45) is 36.0 Å². The minimum absolute atomic E-state index is 0.0243. The first-order chi connectivity index (χ1) is 10.9. The fourth-order valence-corrected chi connectivity index (χ4v) is 5.82. The van der Waals surface area contributed by atoms with Gasteiger partial charge in [0.05, 0.1) is 4.60 Å². The maximum Gasteiger partial charge on any atom is 0.268 e. The first-order valence-electron chi connectivity index (χ1n) is 8.31. The van der Waals surface area contributed by atoms with E-state index in [0.717, 1.165) is 36.7 Å². The Kier molecular flexibility index (Phi) is 3.38. The molecular formula is C17H22BrN3O2. The van der Waals surface area contributed by atoms with Crippen LogP contribution in [0.3, 0.4) is 0 Å². The largest absolute Gasteiger partial charge is 0.369 e. The lowest BCUT2D eigenvalue weighted by Crippen LogP contribution is -2.62. The maximum absolute atomic E-state index is 12.6. The molecule has 23 heavy (non-hydrogen) atoms. The second kappa shape index (κ2) is 5.10. The molecule has 2 amide bonds. The van der Waals surface area contributed by atoms with Crippen LogP contribution in [0.15, 0.2) is 16.7 Å². The Hall–Kier alpha value is -1.30. The Morgan fingerprint density at radius 2 is 1.91 bits per heavy atom. The van der Waals surface area contributed by atoms with E-state index < -0.39 is 0 Å². The Bertz CT molecular complexity index is 667. The summed E-state index contributed by atoms with van der Waals surface area (Å²) in [7, 11) is 1.87. The summed E-state index contributed by atoms with van der Waals surface area (Å²) >= 11 is 3.43. The molecule has 3 N–H and O–H groups in total. The predicted octanol–water partition coefficient (Wildman–Crippen LogP) is 2.20. The van der Waals surface area contributed by atoms with Gasteiger partial charge in [0.15, 0.2) is 0 Å². The Balaban J connectivity index is 1.54. The molecule has 1 aromatic heterocycles. The summed E-state index contributed by atoms with van der Waals surface area (Å²) in [6.45, 7) is 0. The number of nitrogens with zero attached hydrogens (tertiary/aromatic N) is 1. The van der Waals surface area contributed by atoms with Gasteiger partial charge in [-0.3, -0.25) is 9.59 Å². The molecule has 0 aromatic carbocycles. The third-order valence-electron chi connectivity index (χ3n) is 6.39. The van der Waals surface area contributed by atoms with Gasteiger partial charge in [0.25, 0.3) is 5.91 Å². The van der Waals surface area contributed by atoms with E-state index in [1.165, 1.54) is 0 Å². The third-order valence-corrected chi connectivity index (χ3v) is 7.18. The molecule has 4 aliphatic carbocycles. The van der Waals surface area contributed by atoms with E-state index in [0.29, 0.717) is 23.4 Å². The fraction of sp³-hybridized carbons (Fsp3) is 0.647. The lowest BCUT2D eigenvalue weighted by atomic mass is 9.47. The van der Waals surface area contributed by atoms with Crippen molar-refractivity contribution in [3.63, 3.8) is 0 Å². The summed E-state index contributed by atoms with van der Waals surface area (Å²) in [5, 5.41) is 3.26. The summed E-state index contributed by atoms with van der Waals surface area (Å²) in [5.74, 6) is 1.23. The number of hydrogen-bond acceptors (Lipinski definition) is 2. The second-order valence-corrected chi connectivity index (χ2v) is 8.53. The third kappa shape index (κ3) is 2.25. The van der Waals surface area contributed by atoms with Gasteiger partial charge in [-0.2, -0.15) is 0 Å². The van der Waals surface area contributed by atoms with Crippen LogP contribution < -0.4 is 11.1 Å². The number of aromatic nitrogens is 1. The molecule has 2 atom stereocenters. The molecule has 4 saturated carbocycles. The maximum atomic E-state index is 12.6. The molecule has 124 valence electrons. The number of nitrogens with two attached hydrogens (primary N) is 1. The molecule has 1 heterocycles. The summed E-state index contributed by atoms with van der Waals surface area (Å²) in [5.41, 5.74) is 6.08. The van der Waals surface area contributed by atoms with Crippen molar-refractivity contribution in [2.45, 2.75) is 38.1 Å². The topological polar surface area (TPSA) is 77.1 Å². The van der Waals surface area contributed by atoms with Crippen LogP contribution >= 0.6 is 15.9 Å². The van der Waals surface area contributed by atoms with E-state index in [9.17, 15) is 9.59 Å². The molecule has 0 aliphatic heterocycles. The van der Waals surface area contributed by atoms with Gasteiger partial charge in [0.2, 0.25) is 5.91 Å². The van der Waals surface area contributed by atoms with E-state index in [4.69, 9.17) is 5.73 Å². The fourth-order valence-electron chi connectivity index (χ4n) is 5.50. The predicted molar refractivity (Wildman–Crippen MR) is 89.5 cm³/mol. The average Bonchev–Trinajstić information content (AvgIpc) is 2.82. The summed E-state index contributed by atoms with van der Waals surface area (Å²) in [6.07, 6.45) is 4.88. The zero-order chi connectivity index (χ0) is 16.4. The van der Waals surface area contributed by atoms with Gasteiger partial charge in [0, 0.05) is 18.5 Å². The molecule has 5 nitrogen and oxygen atoms in total. The Labute approximate surface area is 144 Å². The first-order valence-corrected chi connectivity index (χ1v) is 9.11. The number of primary amides is 1. The van der Waals surface area contributed by atoms with E-state index in [-0.39, 0.29) is 23.3 Å². The normalized spacial score (nSPS) is 37.8. The summed E-state index contributed by atoms with van der Waals surface area (Å²) in [6, 6.07) is 3.90. The highest BCUT2D eigenvalue weighted by molar-refractivity contribution is 9.10. The molecular weight excluding hydrogens is 358 g/mol. The zero-order valence-electron chi connectivity index (χ0n) is 13.2. The number of carbonyl (C=O) groups is 2. The van der Waals surface area contributed by atoms with Gasteiger partial charge in [-0.1, -0.05) is 0 Å². The molecule has 1 aromatic rings. The Morgan fingerprint density at radius 3 is 2.43 bits per heavy atom. The minimum atomic E-state index is -0.300. The van der Waals surface area contributed by atoms with Crippen molar-refractivity contribution in [3.8, 4) is 0 Å². The molecule has 0 saturated heterocycles. The molecule has 2 unspecified atom stereocenters. The molecule has 5 rings (SSSR count). The molecule has 0 spiro atoms. The van der Waals surface area contributed by atoms with Crippen molar-refractivity contribution in [1.29, 1.82) is 0 Å². The number of carbonyl (C=O) groups excluding carboxylic acids is 2. The van der Waals surface area contributed by atoms with E-state index >= 15 is 0 Å². The highest BCUT2D eigenvalue weighted by Crippen LogP contribution is 2.59. The van der Waals surface area contributed by atoms with Crippen molar-refractivity contribution >= 4 is 27.7 Å². The SMILES string of the molecule is Cn1c(Br)ccc1C(=O)NC1C2CC3CC1CC(C(N)=O)(C3)C2. The number of amides is 2. The van der Waals surface area contributed by atoms with Crippen LogP contribution in [-0.4, -0.2) is 22.4 Å². The lowest BCUT2D eigenvalue weighted by Gasteiger charge is -2.58. The average molecular weight is 380 g/mol. The smallest absolute Gasteiger partial charge is 0.268 e. The molecule has 4 aliphatic rings. The van der Waals surface area contributed by atoms with Crippen LogP contribution in [0.25, 0.3) is 0 Å². The number of nitrogens with one attached hydrogen (secondary N) is 1. The first kappa shape index (κ1) is 15.2. The number of halogens is 1. The number of rotatable bonds is 3. The van der Waals surface area contributed by atoms with Crippen LogP contribution in [0.1, 0.15) is 42.6 Å². The second-order valence-electron chi connectivity index (χ2n) is 7.71. The van der Waals surface area contributed by atoms with Gasteiger partial charge in [-0.15, -0.1) is 0 Å². The van der Waals surface area contributed by atoms with Crippen LogP contribution in [0, 0.1) is 23.2 Å². The van der Waals surface area contributed by atoms with E-state index in [2.05, 4.69) is 21.2 Å². The highest BCUT2D eigenvalue weighted by atomic mass is 79.9. The monoisotopic (exact) mass is 379 g/mol. The van der Waals surface area contributed by atoms with Crippen molar-refractivity contribution in [1.82, 2.24) is 9.88 Å². The van der Waals surface area contributed by atoms with Crippen LogP contribution in [-0.2, 0) is 11.8 Å². The molecule has 6 heteroatoms. The van der Waals surface area contributed by atoms with Crippen LogP contribution in [0.4, 0.5) is 0 Å². The highest BCUT2D eigenvalue weighted by Gasteiger charge is 2.58. The lowest BCUT2D eigenvalue weighted by molar-refractivity contribution is -0.145. The zero-order valence-corrected chi connectivity index (χ0v) is 14.8. The quantitative estimate of drug-likeness (QED) is 0.844. The van der Waals surface area contributed by atoms with Crippen molar-refractivity contribution in [2.75, 3.05) is 0 Å². The van der Waals surface area contributed by atoms with Gasteiger partial charge < -0.3 is 15.6 Å². The van der Waals surface area contributed by atoms with Gasteiger partial charge >= 0.3 is 0 Å². The van der Waals surface area contributed by atoms with Crippen molar-refractivity contribution < 1.29 is 9.59 Å². The van der Waals surface area contributed by atoms with E-state index in [1.54, 1.807) is 0 Å². The van der Waals surface area contributed by atoms with Crippen LogP contribution in [0.2, 0.25) is 0 Å². The molecule has 0 radical (unpaired) electrons. The summed E-state index contributed by atoms with van der Waals surface area (Å²) in [4.78, 5) is 24.6. The molecule has 4 bridgehead atoms. The van der Waals surface area contributed by atoms with Crippen molar-refractivity contribution in [3.05, 3.63) is 22.4 Å². The van der Waals surface area contributed by atoms with Gasteiger partial charge in [0.1, 0.15) is 5.69 Å². The number of hydrogen-bond donors (Lipinski definition) is 2. The standard InChI is InChI=1S/C17H22BrN3O2/c1-21-12(2-3-13(21)18)15(22)20-14-10-4-9-5-11(14)8-17(6-9,7-10)16(19)23/h2-3,9-11,14H,4-8H2,1H3,(H2,19,23)(H,20,22). The van der Waals surface area contributed by atoms with Gasteiger partial charge in [-0.05, 0) is 77.9 Å². The van der Waals surface area contributed by atoms with Crippen LogP contribution in [0.5, 0.6) is 0 Å². The van der Waals surface area contributed by atoms with E-state index in [1.807, 2.05) is 23.7 Å². The Morgan fingerprint density at radius 1 is 1.26 bits per heavy atom. The molecule has 4 fully saturated rings.